The zero-order valence-corrected chi connectivity index (χ0v) is 13.9. The average molecular weight is 358 g/mol. The topological polar surface area (TPSA) is 39.4 Å². The van der Waals surface area contributed by atoms with Crippen LogP contribution in [0.25, 0.3) is 17.0 Å². The van der Waals surface area contributed by atoms with Crippen LogP contribution in [0.1, 0.15) is 31.2 Å². The molecule has 1 saturated carbocycles. The average Bonchev–Trinajstić information content (AvgIpc) is 3.27. The molecule has 112 valence electrons. The van der Waals surface area contributed by atoms with E-state index in [4.69, 9.17) is 4.74 Å². The molecule has 4 nitrogen and oxygen atoms in total. The minimum Gasteiger partial charge on any atom is -0.493 e. The van der Waals surface area contributed by atoms with Crippen molar-refractivity contribution in [2.24, 2.45) is 0 Å². The molecule has 0 unspecified atom stereocenters. The van der Waals surface area contributed by atoms with Gasteiger partial charge in [-0.3, -0.25) is 4.40 Å². The summed E-state index contributed by atoms with van der Waals surface area (Å²) in [4.78, 5) is 9.06. The smallest absolute Gasteiger partial charge is 0.140 e. The molecule has 0 aliphatic heterocycles. The molecule has 1 aliphatic rings. The first kappa shape index (κ1) is 13.8. The third-order valence-corrected chi connectivity index (χ3v) is 4.37. The van der Waals surface area contributed by atoms with Crippen molar-refractivity contribution in [3.05, 3.63) is 46.8 Å². The zero-order chi connectivity index (χ0) is 15.1. The van der Waals surface area contributed by atoms with Crippen molar-refractivity contribution in [2.75, 3.05) is 6.61 Å². The number of imidazole rings is 1. The Hall–Kier alpha value is -1.88. The van der Waals surface area contributed by atoms with Gasteiger partial charge < -0.3 is 4.74 Å². The number of fused-ring (bicyclic) bond motifs is 1. The summed E-state index contributed by atoms with van der Waals surface area (Å²) >= 11 is 3.43. The summed E-state index contributed by atoms with van der Waals surface area (Å²) in [7, 11) is 0. The molecule has 3 heterocycles. The Bertz CT molecular complexity index is 839. The van der Waals surface area contributed by atoms with Crippen LogP contribution in [-0.2, 0) is 0 Å². The second-order valence-electron chi connectivity index (χ2n) is 5.52. The lowest BCUT2D eigenvalue weighted by Crippen LogP contribution is -1.99. The Morgan fingerprint density at radius 3 is 2.95 bits per heavy atom. The maximum Gasteiger partial charge on any atom is 0.140 e. The molecule has 4 rings (SSSR count). The van der Waals surface area contributed by atoms with Gasteiger partial charge in [-0.1, -0.05) is 6.07 Å². The van der Waals surface area contributed by atoms with E-state index in [1.54, 1.807) is 0 Å². The summed E-state index contributed by atoms with van der Waals surface area (Å²) in [6, 6.07) is 7.96. The standard InChI is InChI=1S/C17H16BrN3O/c1-2-22-15-8-17-19-9-14(13-4-3-5-16(18)20-13)21(17)10-12(15)11-6-7-11/h3-5,8-11H,2,6-7H2,1H3. The van der Waals surface area contributed by atoms with Gasteiger partial charge in [-0.2, -0.15) is 0 Å². The van der Waals surface area contributed by atoms with Crippen molar-refractivity contribution in [3.8, 4) is 17.1 Å². The van der Waals surface area contributed by atoms with Crippen LogP contribution in [0, 0.1) is 0 Å². The molecule has 5 heteroatoms. The predicted octanol–water partition coefficient (Wildman–Crippen LogP) is 4.43. The van der Waals surface area contributed by atoms with Crippen LogP contribution in [0.5, 0.6) is 5.75 Å². The Labute approximate surface area is 137 Å². The highest BCUT2D eigenvalue weighted by Crippen LogP contribution is 2.44. The molecule has 3 aromatic heterocycles. The molecule has 0 aromatic carbocycles. The fourth-order valence-corrected chi connectivity index (χ4v) is 3.09. The molecule has 0 amide bonds. The van der Waals surface area contributed by atoms with Crippen LogP contribution in [0.4, 0.5) is 0 Å². The number of ether oxygens (including phenoxy) is 1. The second-order valence-corrected chi connectivity index (χ2v) is 6.33. The maximum atomic E-state index is 5.80. The van der Waals surface area contributed by atoms with E-state index in [9.17, 15) is 0 Å². The molecule has 0 saturated heterocycles. The summed E-state index contributed by atoms with van der Waals surface area (Å²) in [6.45, 7) is 2.69. The van der Waals surface area contributed by atoms with Crippen molar-refractivity contribution >= 4 is 21.6 Å². The molecular formula is C17H16BrN3O. The Balaban J connectivity index is 1.89. The number of pyridine rings is 2. The number of hydrogen-bond acceptors (Lipinski definition) is 3. The van der Waals surface area contributed by atoms with E-state index in [0.29, 0.717) is 12.5 Å². The van der Waals surface area contributed by atoms with Gasteiger partial charge in [0.1, 0.15) is 16.0 Å². The van der Waals surface area contributed by atoms with Crippen molar-refractivity contribution in [2.45, 2.75) is 25.7 Å². The second kappa shape index (κ2) is 5.39. The summed E-state index contributed by atoms with van der Waals surface area (Å²) in [6.07, 6.45) is 6.52. The minimum absolute atomic E-state index is 0.622. The molecule has 1 aliphatic carbocycles. The highest BCUT2D eigenvalue weighted by molar-refractivity contribution is 9.10. The van der Waals surface area contributed by atoms with Crippen molar-refractivity contribution in [1.82, 2.24) is 14.4 Å². The van der Waals surface area contributed by atoms with E-state index in [-0.39, 0.29) is 0 Å². The Morgan fingerprint density at radius 1 is 1.36 bits per heavy atom. The number of halogens is 1. The van der Waals surface area contributed by atoms with Gasteiger partial charge in [0.15, 0.2) is 0 Å². The lowest BCUT2D eigenvalue weighted by Gasteiger charge is -2.11. The number of hydrogen-bond donors (Lipinski definition) is 0. The van der Waals surface area contributed by atoms with E-state index in [1.165, 1.54) is 18.4 Å². The third-order valence-electron chi connectivity index (χ3n) is 3.93. The fourth-order valence-electron chi connectivity index (χ4n) is 2.74. The Morgan fingerprint density at radius 2 is 2.23 bits per heavy atom. The van der Waals surface area contributed by atoms with Crippen molar-refractivity contribution in [1.29, 1.82) is 0 Å². The van der Waals surface area contributed by atoms with E-state index in [1.807, 2.05) is 37.4 Å². The number of aromatic nitrogens is 3. The van der Waals surface area contributed by atoms with Gasteiger partial charge in [-0.25, -0.2) is 9.97 Å². The van der Waals surface area contributed by atoms with Gasteiger partial charge in [0.2, 0.25) is 0 Å². The van der Waals surface area contributed by atoms with Gasteiger partial charge in [0.05, 0.1) is 24.2 Å². The van der Waals surface area contributed by atoms with Crippen molar-refractivity contribution < 1.29 is 4.74 Å². The summed E-state index contributed by atoms with van der Waals surface area (Å²) in [5.74, 6) is 1.59. The predicted molar refractivity (Wildman–Crippen MR) is 89.3 cm³/mol. The van der Waals surface area contributed by atoms with Crippen LogP contribution in [0.3, 0.4) is 0 Å². The largest absolute Gasteiger partial charge is 0.493 e. The molecule has 1 fully saturated rings. The van der Waals surface area contributed by atoms with Crippen LogP contribution >= 0.6 is 15.9 Å². The molecule has 0 spiro atoms. The van der Waals surface area contributed by atoms with Crippen LogP contribution in [-0.4, -0.2) is 21.0 Å². The molecule has 0 bridgehead atoms. The van der Waals surface area contributed by atoms with E-state index in [2.05, 4.69) is 36.5 Å². The van der Waals surface area contributed by atoms with E-state index in [0.717, 1.165) is 27.4 Å². The molecular weight excluding hydrogens is 342 g/mol. The van der Waals surface area contributed by atoms with Crippen LogP contribution in [0.15, 0.2) is 41.3 Å². The van der Waals surface area contributed by atoms with Gasteiger partial charge in [-0.15, -0.1) is 0 Å². The van der Waals surface area contributed by atoms with Crippen molar-refractivity contribution in [3.63, 3.8) is 0 Å². The summed E-state index contributed by atoms with van der Waals surface area (Å²) < 4.78 is 8.75. The molecule has 0 radical (unpaired) electrons. The first-order valence-electron chi connectivity index (χ1n) is 7.53. The van der Waals surface area contributed by atoms with Gasteiger partial charge in [-0.05, 0) is 53.7 Å². The molecule has 3 aromatic rings. The zero-order valence-electron chi connectivity index (χ0n) is 12.3. The fraction of sp³-hybridized carbons (Fsp3) is 0.294. The highest BCUT2D eigenvalue weighted by atomic mass is 79.9. The number of nitrogens with zero attached hydrogens (tertiary/aromatic N) is 3. The van der Waals surface area contributed by atoms with Gasteiger partial charge in [0, 0.05) is 17.8 Å². The summed E-state index contributed by atoms with van der Waals surface area (Å²) in [5, 5.41) is 0. The van der Waals surface area contributed by atoms with Crippen LogP contribution in [0.2, 0.25) is 0 Å². The van der Waals surface area contributed by atoms with Gasteiger partial charge in [0.25, 0.3) is 0 Å². The SMILES string of the molecule is CCOc1cc2ncc(-c3cccc(Br)n3)n2cc1C1CC1. The quantitative estimate of drug-likeness (QED) is 0.648. The first-order valence-corrected chi connectivity index (χ1v) is 8.32. The van der Waals surface area contributed by atoms with E-state index < -0.39 is 0 Å². The molecule has 22 heavy (non-hydrogen) atoms. The Kier molecular flexibility index (Phi) is 3.37. The lowest BCUT2D eigenvalue weighted by atomic mass is 10.1. The molecule has 0 N–H and O–H groups in total. The van der Waals surface area contributed by atoms with E-state index >= 15 is 0 Å². The monoisotopic (exact) mass is 357 g/mol. The number of rotatable bonds is 4. The summed E-state index contributed by atoms with van der Waals surface area (Å²) in [5.41, 5.74) is 4.09. The maximum absolute atomic E-state index is 5.80. The normalized spacial score (nSPS) is 14.5. The first-order chi connectivity index (χ1) is 10.8. The van der Waals surface area contributed by atoms with Gasteiger partial charge >= 0.3 is 0 Å². The minimum atomic E-state index is 0.622. The molecule has 0 atom stereocenters. The third kappa shape index (κ3) is 2.39. The lowest BCUT2D eigenvalue weighted by molar-refractivity contribution is 0.336. The highest BCUT2D eigenvalue weighted by Gasteiger charge is 2.28. The van der Waals surface area contributed by atoms with Crippen LogP contribution < -0.4 is 4.74 Å².